The van der Waals surface area contributed by atoms with Crippen molar-refractivity contribution >= 4 is 17.7 Å². The average Bonchev–Trinajstić information content (AvgIpc) is 3.14. The van der Waals surface area contributed by atoms with Gasteiger partial charge in [0.15, 0.2) is 0 Å². The third-order valence-electron chi connectivity index (χ3n) is 4.42. The first kappa shape index (κ1) is 14.7. The summed E-state index contributed by atoms with van der Waals surface area (Å²) in [5.41, 5.74) is 2.27. The molecule has 6 heteroatoms. The van der Waals surface area contributed by atoms with Gasteiger partial charge in [-0.05, 0) is 36.6 Å². The van der Waals surface area contributed by atoms with E-state index in [0.29, 0.717) is 5.56 Å². The standard InChI is InChI=1S/C18H16N2O4/c21-16-9-15(17(22)19-16)20(14-4-5-14)18(23)12-3-1-2-11(8-12)13-6-7-24-10-13/h1-3,6-8,10,14-15H,4-5,9H2,(H,19,21,22)/t15-/m1/s1. The summed E-state index contributed by atoms with van der Waals surface area (Å²) in [4.78, 5) is 38.1. The average molecular weight is 324 g/mol. The van der Waals surface area contributed by atoms with Crippen LogP contribution in [0, 0.1) is 0 Å². The summed E-state index contributed by atoms with van der Waals surface area (Å²) in [6.07, 6.45) is 4.97. The second kappa shape index (κ2) is 5.63. The van der Waals surface area contributed by atoms with Gasteiger partial charge in [-0.25, -0.2) is 0 Å². The lowest BCUT2D eigenvalue weighted by molar-refractivity contribution is -0.126. The molecule has 2 heterocycles. The van der Waals surface area contributed by atoms with Crippen LogP contribution >= 0.6 is 0 Å². The van der Waals surface area contributed by atoms with Gasteiger partial charge in [0.05, 0.1) is 18.9 Å². The van der Waals surface area contributed by atoms with E-state index in [1.807, 2.05) is 12.1 Å². The van der Waals surface area contributed by atoms with Crippen molar-refractivity contribution in [1.29, 1.82) is 0 Å². The number of rotatable bonds is 4. The first-order valence-electron chi connectivity index (χ1n) is 7.92. The van der Waals surface area contributed by atoms with Crippen LogP contribution in [0.25, 0.3) is 11.1 Å². The minimum absolute atomic E-state index is 0.0386. The van der Waals surface area contributed by atoms with Crippen LogP contribution in [0.15, 0.2) is 47.3 Å². The van der Waals surface area contributed by atoms with E-state index in [1.54, 1.807) is 35.6 Å². The van der Waals surface area contributed by atoms with Crippen LogP contribution in [0.4, 0.5) is 0 Å². The highest BCUT2D eigenvalue weighted by atomic mass is 16.3. The highest BCUT2D eigenvalue weighted by Crippen LogP contribution is 2.33. The molecule has 2 fully saturated rings. The Bertz CT molecular complexity index is 808. The summed E-state index contributed by atoms with van der Waals surface area (Å²) in [5, 5.41) is 2.29. The Hall–Kier alpha value is -2.89. The molecular formula is C18H16N2O4. The fraction of sp³-hybridized carbons (Fsp3) is 0.278. The maximum Gasteiger partial charge on any atom is 0.254 e. The molecule has 6 nitrogen and oxygen atoms in total. The van der Waals surface area contributed by atoms with Gasteiger partial charge in [-0.2, -0.15) is 0 Å². The first-order chi connectivity index (χ1) is 11.6. The third-order valence-corrected chi connectivity index (χ3v) is 4.42. The van der Waals surface area contributed by atoms with E-state index in [-0.39, 0.29) is 30.2 Å². The van der Waals surface area contributed by atoms with Gasteiger partial charge in [0, 0.05) is 17.2 Å². The number of nitrogens with one attached hydrogen (secondary N) is 1. The predicted molar refractivity (Wildman–Crippen MR) is 84.9 cm³/mol. The number of carbonyl (C=O) groups is 3. The Labute approximate surface area is 138 Å². The Morgan fingerprint density at radius 2 is 2.00 bits per heavy atom. The summed E-state index contributed by atoms with van der Waals surface area (Å²) >= 11 is 0. The molecule has 1 N–H and O–H groups in total. The van der Waals surface area contributed by atoms with Crippen molar-refractivity contribution in [3.8, 4) is 11.1 Å². The molecule has 24 heavy (non-hydrogen) atoms. The minimum atomic E-state index is -0.699. The largest absolute Gasteiger partial charge is 0.472 e. The molecule has 0 bridgehead atoms. The van der Waals surface area contributed by atoms with Crippen molar-refractivity contribution in [2.24, 2.45) is 0 Å². The van der Waals surface area contributed by atoms with E-state index in [4.69, 9.17) is 4.42 Å². The molecule has 1 aromatic heterocycles. The number of furan rings is 1. The van der Waals surface area contributed by atoms with Gasteiger partial charge in [-0.1, -0.05) is 12.1 Å². The summed E-state index contributed by atoms with van der Waals surface area (Å²) in [6, 6.07) is 8.39. The lowest BCUT2D eigenvalue weighted by atomic mass is 10.0. The molecule has 1 aliphatic carbocycles. The van der Waals surface area contributed by atoms with E-state index in [0.717, 1.165) is 24.0 Å². The Kier molecular flexibility index (Phi) is 3.45. The SMILES string of the molecule is O=C1C[C@@H](N(C(=O)c2cccc(-c3ccoc3)c2)C2CC2)C(=O)N1. The minimum Gasteiger partial charge on any atom is -0.472 e. The first-order valence-corrected chi connectivity index (χ1v) is 7.92. The van der Waals surface area contributed by atoms with E-state index in [2.05, 4.69) is 5.32 Å². The van der Waals surface area contributed by atoms with E-state index in [1.165, 1.54) is 0 Å². The van der Waals surface area contributed by atoms with Crippen LogP contribution < -0.4 is 5.32 Å². The van der Waals surface area contributed by atoms with Crippen LogP contribution in [0.3, 0.4) is 0 Å². The normalized spacial score (nSPS) is 20.1. The number of carbonyl (C=O) groups excluding carboxylic acids is 3. The molecular weight excluding hydrogens is 308 g/mol. The molecule has 1 saturated carbocycles. The monoisotopic (exact) mass is 324 g/mol. The molecule has 0 unspecified atom stereocenters. The highest BCUT2D eigenvalue weighted by molar-refractivity contribution is 6.08. The van der Waals surface area contributed by atoms with Crippen molar-refractivity contribution in [2.45, 2.75) is 31.3 Å². The lowest BCUT2D eigenvalue weighted by Gasteiger charge is -2.27. The maximum atomic E-state index is 13.0. The molecule has 0 spiro atoms. The topological polar surface area (TPSA) is 79.6 Å². The van der Waals surface area contributed by atoms with Gasteiger partial charge in [0.25, 0.3) is 5.91 Å². The van der Waals surface area contributed by atoms with Crippen molar-refractivity contribution in [3.05, 3.63) is 48.4 Å². The van der Waals surface area contributed by atoms with Gasteiger partial charge >= 0.3 is 0 Å². The van der Waals surface area contributed by atoms with Gasteiger partial charge in [-0.15, -0.1) is 0 Å². The Morgan fingerprint density at radius 3 is 2.62 bits per heavy atom. The van der Waals surface area contributed by atoms with Crippen LogP contribution in [-0.2, 0) is 9.59 Å². The molecule has 2 aliphatic rings. The summed E-state index contributed by atoms with van der Waals surface area (Å²) in [5.74, 6) is -0.917. The van der Waals surface area contributed by atoms with Crippen LogP contribution in [0.2, 0.25) is 0 Å². The zero-order valence-corrected chi connectivity index (χ0v) is 12.9. The predicted octanol–water partition coefficient (Wildman–Crippen LogP) is 1.97. The van der Waals surface area contributed by atoms with Crippen LogP contribution in [0.5, 0.6) is 0 Å². The molecule has 4 rings (SSSR count). The summed E-state index contributed by atoms with van der Waals surface area (Å²) in [6.45, 7) is 0. The number of benzene rings is 1. The number of hydrogen-bond acceptors (Lipinski definition) is 4. The molecule has 1 saturated heterocycles. The fourth-order valence-corrected chi connectivity index (χ4v) is 3.09. The quantitative estimate of drug-likeness (QED) is 0.872. The number of nitrogens with zero attached hydrogens (tertiary/aromatic N) is 1. The summed E-state index contributed by atoms with van der Waals surface area (Å²) in [7, 11) is 0. The van der Waals surface area contributed by atoms with Gasteiger partial charge in [0.2, 0.25) is 11.8 Å². The molecule has 0 radical (unpaired) electrons. The van der Waals surface area contributed by atoms with Crippen LogP contribution in [-0.4, -0.2) is 34.7 Å². The number of amides is 3. The van der Waals surface area contributed by atoms with Gasteiger partial charge in [-0.3, -0.25) is 19.7 Å². The number of hydrogen-bond donors (Lipinski definition) is 1. The van der Waals surface area contributed by atoms with Gasteiger partial charge < -0.3 is 9.32 Å². The van der Waals surface area contributed by atoms with Crippen molar-refractivity contribution in [1.82, 2.24) is 10.2 Å². The molecule has 2 aromatic rings. The third kappa shape index (κ3) is 2.60. The van der Waals surface area contributed by atoms with Crippen molar-refractivity contribution in [3.63, 3.8) is 0 Å². The van der Waals surface area contributed by atoms with Crippen molar-refractivity contribution in [2.75, 3.05) is 0 Å². The summed E-state index contributed by atoms with van der Waals surface area (Å²) < 4.78 is 5.09. The van der Waals surface area contributed by atoms with Crippen molar-refractivity contribution < 1.29 is 18.8 Å². The van der Waals surface area contributed by atoms with E-state index < -0.39 is 6.04 Å². The maximum absolute atomic E-state index is 13.0. The Balaban J connectivity index is 1.65. The molecule has 122 valence electrons. The van der Waals surface area contributed by atoms with Crippen LogP contribution in [0.1, 0.15) is 29.6 Å². The second-order valence-corrected chi connectivity index (χ2v) is 6.17. The fourth-order valence-electron chi connectivity index (χ4n) is 3.09. The number of imide groups is 1. The van der Waals surface area contributed by atoms with E-state index >= 15 is 0 Å². The lowest BCUT2D eigenvalue weighted by Crippen LogP contribution is -2.45. The highest BCUT2D eigenvalue weighted by Gasteiger charge is 2.44. The van der Waals surface area contributed by atoms with E-state index in [9.17, 15) is 14.4 Å². The second-order valence-electron chi connectivity index (χ2n) is 6.17. The smallest absolute Gasteiger partial charge is 0.254 e. The molecule has 3 amide bonds. The zero-order valence-electron chi connectivity index (χ0n) is 12.9. The molecule has 1 aliphatic heterocycles. The Morgan fingerprint density at radius 1 is 1.17 bits per heavy atom. The zero-order chi connectivity index (χ0) is 16.7. The molecule has 1 aromatic carbocycles. The van der Waals surface area contributed by atoms with Gasteiger partial charge in [0.1, 0.15) is 6.04 Å². The molecule has 1 atom stereocenters.